The Kier molecular flexibility index (Phi) is 3.23. The molecule has 0 atom stereocenters. The first-order chi connectivity index (χ1) is 8.61. The van der Waals surface area contributed by atoms with E-state index in [0.717, 1.165) is 6.07 Å². The third kappa shape index (κ3) is 2.29. The molecule has 0 fully saturated rings. The van der Waals surface area contributed by atoms with E-state index in [4.69, 9.17) is 0 Å². The zero-order valence-electron chi connectivity index (χ0n) is 9.50. The second-order valence-corrected chi connectivity index (χ2v) is 3.74. The number of carbonyl (C=O) groups excluding carboxylic acids is 1. The van der Waals surface area contributed by atoms with E-state index in [9.17, 15) is 14.0 Å². The molecule has 0 saturated carbocycles. The van der Waals surface area contributed by atoms with Crippen LogP contribution < -0.4 is 10.9 Å². The molecule has 92 valence electrons. The average Bonchev–Trinajstić information content (AvgIpc) is 2.36. The van der Waals surface area contributed by atoms with Crippen molar-refractivity contribution in [2.45, 2.75) is 0 Å². The third-order valence-corrected chi connectivity index (χ3v) is 2.46. The lowest BCUT2D eigenvalue weighted by Gasteiger charge is -2.04. The van der Waals surface area contributed by atoms with Crippen LogP contribution in [-0.2, 0) is 0 Å². The van der Waals surface area contributed by atoms with Gasteiger partial charge in [0.15, 0.2) is 0 Å². The van der Waals surface area contributed by atoms with E-state index in [1.54, 1.807) is 0 Å². The molecule has 1 amide bonds. The highest BCUT2D eigenvalue weighted by atomic mass is 19.1. The van der Waals surface area contributed by atoms with Crippen LogP contribution in [0.25, 0.3) is 10.8 Å². The van der Waals surface area contributed by atoms with Gasteiger partial charge in [0.05, 0.1) is 0 Å². The monoisotopic (exact) mass is 246 g/mol. The first kappa shape index (κ1) is 12.0. The maximum absolute atomic E-state index is 13.0. The molecule has 2 rings (SSSR count). The van der Waals surface area contributed by atoms with Crippen molar-refractivity contribution in [3.05, 3.63) is 58.8 Å². The van der Waals surface area contributed by atoms with Crippen LogP contribution in [0.3, 0.4) is 0 Å². The van der Waals surface area contributed by atoms with Crippen LogP contribution in [-0.4, -0.2) is 17.4 Å². The van der Waals surface area contributed by atoms with Gasteiger partial charge in [-0.25, -0.2) is 4.39 Å². The number of rotatable bonds is 3. The summed E-state index contributed by atoms with van der Waals surface area (Å²) in [5, 5.41) is 3.29. The van der Waals surface area contributed by atoms with Crippen molar-refractivity contribution in [3.63, 3.8) is 0 Å². The van der Waals surface area contributed by atoms with Gasteiger partial charge >= 0.3 is 0 Å². The van der Waals surface area contributed by atoms with Crippen LogP contribution in [0.2, 0.25) is 0 Å². The van der Waals surface area contributed by atoms with Gasteiger partial charge in [-0.05, 0) is 23.6 Å². The van der Waals surface area contributed by atoms with E-state index < -0.39 is 17.3 Å². The second-order valence-electron chi connectivity index (χ2n) is 3.74. The summed E-state index contributed by atoms with van der Waals surface area (Å²) in [7, 11) is 0. The fourth-order valence-electron chi connectivity index (χ4n) is 1.61. The summed E-state index contributed by atoms with van der Waals surface area (Å²) in [6.45, 7) is 3.78. The molecule has 2 N–H and O–H groups in total. The van der Waals surface area contributed by atoms with Crippen molar-refractivity contribution in [3.8, 4) is 0 Å². The van der Waals surface area contributed by atoms with E-state index in [1.165, 1.54) is 24.3 Å². The Labute approximate surface area is 102 Å². The predicted octanol–water partition coefficient (Wildman–Crippen LogP) is 1.58. The maximum atomic E-state index is 13.0. The molecule has 0 aliphatic carbocycles. The van der Waals surface area contributed by atoms with Gasteiger partial charge in [-0.3, -0.25) is 9.59 Å². The maximum Gasteiger partial charge on any atom is 0.268 e. The van der Waals surface area contributed by atoms with Crippen LogP contribution in [0.1, 0.15) is 10.5 Å². The number of H-pyrrole nitrogens is 1. The minimum absolute atomic E-state index is 0.140. The summed E-state index contributed by atoms with van der Waals surface area (Å²) in [5.74, 6) is -0.893. The van der Waals surface area contributed by atoms with Gasteiger partial charge in [-0.15, -0.1) is 6.58 Å². The lowest BCUT2D eigenvalue weighted by atomic mass is 10.1. The number of fused-ring (bicyclic) bond motifs is 1. The molecule has 1 aromatic carbocycles. The smallest absolute Gasteiger partial charge is 0.268 e. The summed E-state index contributed by atoms with van der Waals surface area (Å²) in [6.07, 6.45) is 1.53. The number of carbonyl (C=O) groups is 1. The molecule has 0 bridgehead atoms. The number of pyridine rings is 1. The Morgan fingerprint density at radius 3 is 2.94 bits per heavy atom. The minimum Gasteiger partial charge on any atom is -0.347 e. The third-order valence-electron chi connectivity index (χ3n) is 2.46. The number of aromatic nitrogens is 1. The Morgan fingerprint density at radius 2 is 2.22 bits per heavy atom. The summed E-state index contributed by atoms with van der Waals surface area (Å²) in [4.78, 5) is 25.8. The summed E-state index contributed by atoms with van der Waals surface area (Å²) in [6, 6.07) is 5.35. The van der Waals surface area contributed by atoms with Gasteiger partial charge in [-0.2, -0.15) is 0 Å². The minimum atomic E-state index is -0.490. The van der Waals surface area contributed by atoms with Crippen molar-refractivity contribution in [1.29, 1.82) is 0 Å². The van der Waals surface area contributed by atoms with E-state index in [-0.39, 0.29) is 11.1 Å². The van der Waals surface area contributed by atoms with Crippen molar-refractivity contribution < 1.29 is 9.18 Å². The van der Waals surface area contributed by atoms with Crippen LogP contribution in [0.15, 0.2) is 41.7 Å². The van der Waals surface area contributed by atoms with E-state index in [2.05, 4.69) is 16.9 Å². The molecule has 0 aliphatic heterocycles. The van der Waals surface area contributed by atoms with Gasteiger partial charge in [0, 0.05) is 11.9 Å². The zero-order chi connectivity index (χ0) is 13.1. The molecule has 0 saturated heterocycles. The molecule has 1 heterocycles. The highest BCUT2D eigenvalue weighted by molar-refractivity contribution is 5.96. The second kappa shape index (κ2) is 4.83. The highest BCUT2D eigenvalue weighted by Gasteiger charge is 2.09. The molecule has 1 aromatic heterocycles. The topological polar surface area (TPSA) is 62.0 Å². The van der Waals surface area contributed by atoms with E-state index in [0.29, 0.717) is 11.9 Å². The molecule has 18 heavy (non-hydrogen) atoms. The quantitative estimate of drug-likeness (QED) is 0.808. The Bertz CT molecular complexity index is 676. The number of benzene rings is 1. The Hall–Kier alpha value is -2.43. The van der Waals surface area contributed by atoms with Crippen molar-refractivity contribution >= 4 is 16.7 Å². The van der Waals surface area contributed by atoms with Gasteiger partial charge < -0.3 is 10.3 Å². The van der Waals surface area contributed by atoms with Gasteiger partial charge in [0.2, 0.25) is 0 Å². The number of nitrogens with one attached hydrogen (secondary N) is 2. The lowest BCUT2D eigenvalue weighted by Crippen LogP contribution is -2.26. The van der Waals surface area contributed by atoms with Gasteiger partial charge in [0.1, 0.15) is 11.5 Å². The number of aromatic amines is 1. The van der Waals surface area contributed by atoms with Gasteiger partial charge in [0.25, 0.3) is 11.5 Å². The van der Waals surface area contributed by atoms with Crippen LogP contribution in [0.4, 0.5) is 4.39 Å². The Morgan fingerprint density at radius 1 is 1.44 bits per heavy atom. The molecular formula is C13H11FN2O2. The van der Waals surface area contributed by atoms with Crippen LogP contribution in [0, 0.1) is 5.82 Å². The molecule has 4 nitrogen and oxygen atoms in total. The lowest BCUT2D eigenvalue weighted by molar-refractivity contribution is 0.0953. The molecular weight excluding hydrogens is 235 g/mol. The molecule has 0 spiro atoms. The average molecular weight is 246 g/mol. The largest absolute Gasteiger partial charge is 0.347 e. The van der Waals surface area contributed by atoms with Crippen LogP contribution >= 0.6 is 0 Å². The molecule has 0 radical (unpaired) electrons. The molecule has 2 aromatic rings. The summed E-state index contributed by atoms with van der Waals surface area (Å²) >= 11 is 0. The first-order valence-electron chi connectivity index (χ1n) is 5.33. The van der Waals surface area contributed by atoms with Gasteiger partial charge in [-0.1, -0.05) is 12.1 Å². The van der Waals surface area contributed by atoms with Crippen molar-refractivity contribution in [2.75, 3.05) is 6.54 Å². The van der Waals surface area contributed by atoms with E-state index in [1.807, 2.05) is 0 Å². The standard InChI is InChI=1S/C13H11FN2O2/c1-2-5-15-13(18)11-6-8-3-4-9(14)7-10(8)12(17)16-11/h2-4,6-7H,1,5H2,(H,15,18)(H,16,17). The fourth-order valence-corrected chi connectivity index (χ4v) is 1.61. The van der Waals surface area contributed by atoms with Crippen LogP contribution in [0.5, 0.6) is 0 Å². The zero-order valence-corrected chi connectivity index (χ0v) is 9.50. The first-order valence-corrected chi connectivity index (χ1v) is 5.33. The van der Waals surface area contributed by atoms with E-state index >= 15 is 0 Å². The molecule has 0 aliphatic rings. The predicted molar refractivity (Wildman–Crippen MR) is 67.1 cm³/mol. The number of hydrogen-bond donors (Lipinski definition) is 2. The Balaban J connectivity index is 2.49. The normalized spacial score (nSPS) is 10.3. The summed E-state index contributed by atoms with van der Waals surface area (Å²) in [5.41, 5.74) is -0.350. The molecule has 0 unspecified atom stereocenters. The molecule has 5 heteroatoms. The highest BCUT2D eigenvalue weighted by Crippen LogP contribution is 2.12. The number of amides is 1. The fraction of sp³-hybridized carbons (Fsp3) is 0.0769. The SMILES string of the molecule is C=CCNC(=O)c1cc2ccc(F)cc2c(=O)[nH]1. The summed E-state index contributed by atoms with van der Waals surface area (Å²) < 4.78 is 13.0. The number of halogens is 1. The van der Waals surface area contributed by atoms with Crippen molar-refractivity contribution in [1.82, 2.24) is 10.3 Å². The number of hydrogen-bond acceptors (Lipinski definition) is 2. The van der Waals surface area contributed by atoms with Crippen molar-refractivity contribution in [2.24, 2.45) is 0 Å².